The summed E-state index contributed by atoms with van der Waals surface area (Å²) in [6.07, 6.45) is 1.84. The van der Waals surface area contributed by atoms with Gasteiger partial charge in [0.2, 0.25) is 0 Å². The van der Waals surface area contributed by atoms with Gasteiger partial charge in [-0.2, -0.15) is 0 Å². The van der Waals surface area contributed by atoms with E-state index in [1.54, 1.807) is 6.07 Å². The summed E-state index contributed by atoms with van der Waals surface area (Å²) in [7, 11) is 0. The Bertz CT molecular complexity index is 392. The minimum atomic E-state index is 0.671. The molecule has 3 heteroatoms. The first-order chi connectivity index (χ1) is 5.27. The Balaban J connectivity index is 2.91. The number of hydrogen-bond acceptors (Lipinski definition) is 1. The predicted molar refractivity (Wildman–Crippen MR) is 47.7 cm³/mol. The Kier molecular flexibility index (Phi) is 1.29. The van der Waals surface area contributed by atoms with Crippen molar-refractivity contribution in [3.63, 3.8) is 0 Å². The third-order valence-corrected chi connectivity index (χ3v) is 1.93. The highest BCUT2D eigenvalue weighted by atomic mass is 35.5. The van der Waals surface area contributed by atoms with Crippen molar-refractivity contribution in [3.8, 4) is 0 Å². The van der Waals surface area contributed by atoms with E-state index in [1.165, 1.54) is 0 Å². The summed E-state index contributed by atoms with van der Waals surface area (Å²) in [5.74, 6) is 0. The number of rotatable bonds is 0. The normalized spacial score (nSPS) is 10.6. The van der Waals surface area contributed by atoms with Crippen molar-refractivity contribution in [2.45, 2.75) is 0 Å². The first-order valence-corrected chi connectivity index (χ1v) is 3.67. The molecule has 1 heterocycles. The molecule has 0 bridgehead atoms. The van der Waals surface area contributed by atoms with E-state index in [-0.39, 0.29) is 0 Å². The van der Waals surface area contributed by atoms with Crippen LogP contribution in [0.3, 0.4) is 0 Å². The second kappa shape index (κ2) is 2.17. The molecule has 0 fully saturated rings. The van der Waals surface area contributed by atoms with Crippen molar-refractivity contribution in [2.75, 3.05) is 5.73 Å². The lowest BCUT2D eigenvalue weighted by atomic mass is 10.2. The third kappa shape index (κ3) is 0.955. The zero-order chi connectivity index (χ0) is 7.84. The molecule has 1 aromatic heterocycles. The van der Waals surface area contributed by atoms with Crippen molar-refractivity contribution in [1.82, 2.24) is 4.98 Å². The fourth-order valence-corrected chi connectivity index (χ4v) is 1.44. The summed E-state index contributed by atoms with van der Waals surface area (Å²) in [6.45, 7) is 0. The number of aromatic amines is 1. The van der Waals surface area contributed by atoms with Crippen LogP contribution >= 0.6 is 11.6 Å². The standard InChI is InChI=1S/C8H7ClN2/c9-7-4-6(10)3-5-1-2-11-8(5)7/h1-4,11H,10H2. The van der Waals surface area contributed by atoms with Crippen molar-refractivity contribution in [1.29, 1.82) is 0 Å². The number of halogens is 1. The van der Waals surface area contributed by atoms with E-state index in [0.717, 1.165) is 10.9 Å². The van der Waals surface area contributed by atoms with E-state index in [4.69, 9.17) is 17.3 Å². The molecule has 0 unspecified atom stereocenters. The number of fused-ring (bicyclic) bond motifs is 1. The van der Waals surface area contributed by atoms with E-state index in [9.17, 15) is 0 Å². The van der Waals surface area contributed by atoms with Crippen LogP contribution in [0.15, 0.2) is 24.4 Å². The summed E-state index contributed by atoms with van der Waals surface area (Å²) in [4.78, 5) is 3.03. The number of anilines is 1. The molecule has 0 aliphatic carbocycles. The molecule has 2 aromatic rings. The second-order valence-electron chi connectivity index (χ2n) is 2.44. The van der Waals surface area contributed by atoms with Crippen LogP contribution in [0.5, 0.6) is 0 Å². The van der Waals surface area contributed by atoms with Gasteiger partial charge in [-0.25, -0.2) is 0 Å². The van der Waals surface area contributed by atoms with Gasteiger partial charge in [-0.3, -0.25) is 0 Å². The Morgan fingerprint density at radius 1 is 1.36 bits per heavy atom. The Hall–Kier alpha value is -1.15. The van der Waals surface area contributed by atoms with Crippen LogP contribution in [0.25, 0.3) is 10.9 Å². The molecule has 2 nitrogen and oxygen atoms in total. The molecule has 0 saturated heterocycles. The second-order valence-corrected chi connectivity index (χ2v) is 2.85. The van der Waals surface area contributed by atoms with Crippen LogP contribution in [0.1, 0.15) is 0 Å². The zero-order valence-electron chi connectivity index (χ0n) is 5.76. The van der Waals surface area contributed by atoms with Gasteiger partial charge in [-0.05, 0) is 18.2 Å². The van der Waals surface area contributed by atoms with Crippen molar-refractivity contribution < 1.29 is 0 Å². The first-order valence-electron chi connectivity index (χ1n) is 3.29. The van der Waals surface area contributed by atoms with E-state index in [0.29, 0.717) is 10.7 Å². The first kappa shape index (κ1) is 6.55. The van der Waals surface area contributed by atoms with Crippen LogP contribution in [0.4, 0.5) is 5.69 Å². The van der Waals surface area contributed by atoms with Crippen LogP contribution in [0, 0.1) is 0 Å². The van der Waals surface area contributed by atoms with Crippen LogP contribution in [-0.4, -0.2) is 4.98 Å². The van der Waals surface area contributed by atoms with Gasteiger partial charge < -0.3 is 10.7 Å². The van der Waals surface area contributed by atoms with E-state index < -0.39 is 0 Å². The SMILES string of the molecule is Nc1cc(Cl)c2[nH]ccc2c1. The molecule has 0 radical (unpaired) electrons. The number of nitrogen functional groups attached to an aromatic ring is 1. The molecule has 0 aliphatic heterocycles. The van der Waals surface area contributed by atoms with Crippen molar-refractivity contribution in [3.05, 3.63) is 29.4 Å². The van der Waals surface area contributed by atoms with Crippen molar-refractivity contribution in [2.24, 2.45) is 0 Å². The van der Waals surface area contributed by atoms with Gasteiger partial charge in [0.05, 0.1) is 10.5 Å². The lowest BCUT2D eigenvalue weighted by molar-refractivity contribution is 1.48. The van der Waals surface area contributed by atoms with E-state index >= 15 is 0 Å². The van der Waals surface area contributed by atoms with Gasteiger partial charge in [-0.1, -0.05) is 11.6 Å². The Labute approximate surface area is 69.0 Å². The number of benzene rings is 1. The number of hydrogen-bond donors (Lipinski definition) is 2. The van der Waals surface area contributed by atoms with Crippen LogP contribution in [-0.2, 0) is 0 Å². The average Bonchev–Trinajstić information content (AvgIpc) is 2.34. The number of H-pyrrole nitrogens is 1. The summed E-state index contributed by atoms with van der Waals surface area (Å²) < 4.78 is 0. The molecule has 56 valence electrons. The summed E-state index contributed by atoms with van der Waals surface area (Å²) in [5.41, 5.74) is 7.23. The molecule has 0 spiro atoms. The maximum absolute atomic E-state index is 5.89. The molecule has 1 aromatic carbocycles. The van der Waals surface area contributed by atoms with Crippen molar-refractivity contribution >= 4 is 28.2 Å². The lowest BCUT2D eigenvalue weighted by Crippen LogP contribution is -1.83. The minimum absolute atomic E-state index is 0.671. The number of nitrogens with two attached hydrogens (primary N) is 1. The number of nitrogens with one attached hydrogen (secondary N) is 1. The fourth-order valence-electron chi connectivity index (χ4n) is 1.15. The summed E-state index contributed by atoms with van der Waals surface area (Å²) in [5, 5.41) is 1.72. The maximum Gasteiger partial charge on any atom is 0.0667 e. The predicted octanol–water partition coefficient (Wildman–Crippen LogP) is 2.40. The average molecular weight is 167 g/mol. The minimum Gasteiger partial charge on any atom is -0.399 e. The van der Waals surface area contributed by atoms with Gasteiger partial charge in [0.1, 0.15) is 0 Å². The van der Waals surface area contributed by atoms with Crippen LogP contribution < -0.4 is 5.73 Å². The highest BCUT2D eigenvalue weighted by molar-refractivity contribution is 6.35. The number of aromatic nitrogens is 1. The van der Waals surface area contributed by atoms with Gasteiger partial charge in [0.25, 0.3) is 0 Å². The highest BCUT2D eigenvalue weighted by Gasteiger charge is 1.99. The van der Waals surface area contributed by atoms with E-state index in [1.807, 2.05) is 18.3 Å². The molecule has 0 aliphatic rings. The Morgan fingerprint density at radius 3 is 3.00 bits per heavy atom. The molecular formula is C8H7ClN2. The lowest BCUT2D eigenvalue weighted by Gasteiger charge is -1.95. The summed E-state index contributed by atoms with van der Waals surface area (Å²) in [6, 6.07) is 5.57. The van der Waals surface area contributed by atoms with E-state index in [2.05, 4.69) is 4.98 Å². The fraction of sp³-hybridized carbons (Fsp3) is 0. The Morgan fingerprint density at radius 2 is 2.18 bits per heavy atom. The molecular weight excluding hydrogens is 160 g/mol. The molecule has 0 saturated carbocycles. The van der Waals surface area contributed by atoms with Crippen LogP contribution in [0.2, 0.25) is 5.02 Å². The van der Waals surface area contributed by atoms with Gasteiger partial charge in [-0.15, -0.1) is 0 Å². The zero-order valence-corrected chi connectivity index (χ0v) is 6.52. The topological polar surface area (TPSA) is 41.8 Å². The van der Waals surface area contributed by atoms with Gasteiger partial charge in [0.15, 0.2) is 0 Å². The maximum atomic E-state index is 5.89. The largest absolute Gasteiger partial charge is 0.399 e. The summed E-state index contributed by atoms with van der Waals surface area (Å²) >= 11 is 5.89. The third-order valence-electron chi connectivity index (χ3n) is 1.63. The molecule has 0 atom stereocenters. The smallest absolute Gasteiger partial charge is 0.0667 e. The quantitative estimate of drug-likeness (QED) is 0.580. The molecule has 11 heavy (non-hydrogen) atoms. The molecule has 2 rings (SSSR count). The molecule has 0 amide bonds. The highest BCUT2D eigenvalue weighted by Crippen LogP contribution is 2.24. The monoisotopic (exact) mass is 166 g/mol. The van der Waals surface area contributed by atoms with Gasteiger partial charge in [0, 0.05) is 17.3 Å². The van der Waals surface area contributed by atoms with Gasteiger partial charge >= 0.3 is 0 Å². The molecule has 3 N–H and O–H groups in total.